The number of hydrogen-bond acceptors (Lipinski definition) is 1. The van der Waals surface area contributed by atoms with Crippen LogP contribution >= 0.6 is 0 Å². The van der Waals surface area contributed by atoms with Crippen LogP contribution in [0, 0.1) is 0 Å². The Balaban J connectivity index is 1.04. The third-order valence-corrected chi connectivity index (χ3v) is 12.8. The van der Waals surface area contributed by atoms with Crippen molar-refractivity contribution in [2.24, 2.45) is 0 Å². The zero-order valence-electron chi connectivity index (χ0n) is 35.1. The van der Waals surface area contributed by atoms with Crippen molar-refractivity contribution < 1.29 is 0 Å². The van der Waals surface area contributed by atoms with Crippen LogP contribution in [0.25, 0.3) is 93.5 Å². The fraction of sp³-hybridized carbons (Fsp3) is 0. The molecule has 1 heterocycles. The van der Waals surface area contributed by atoms with E-state index in [1.165, 1.54) is 82.3 Å². The van der Waals surface area contributed by atoms with Crippen LogP contribution < -0.4 is 4.90 Å². The molecule has 0 fully saturated rings. The number of hydrogen-bond donors (Lipinski definition) is 0. The van der Waals surface area contributed by atoms with Gasteiger partial charge in [0, 0.05) is 33.1 Å². The molecular formula is C62H42N2. The summed E-state index contributed by atoms with van der Waals surface area (Å²) in [6, 6.07) is 92.8. The maximum absolute atomic E-state index is 2.44. The summed E-state index contributed by atoms with van der Waals surface area (Å²) >= 11 is 0. The molecule has 0 spiro atoms. The van der Waals surface area contributed by atoms with Gasteiger partial charge in [-0.2, -0.15) is 0 Å². The summed E-state index contributed by atoms with van der Waals surface area (Å²) in [7, 11) is 0. The van der Waals surface area contributed by atoms with Crippen molar-refractivity contribution in [2.75, 3.05) is 4.90 Å². The molecular weight excluding hydrogens is 773 g/mol. The first-order valence-electron chi connectivity index (χ1n) is 22.0. The number of aromatic nitrogens is 1. The Hall–Kier alpha value is -8.46. The Morgan fingerprint density at radius 3 is 1.52 bits per heavy atom. The zero-order valence-corrected chi connectivity index (χ0v) is 35.1. The van der Waals surface area contributed by atoms with Gasteiger partial charge in [-0.3, -0.25) is 0 Å². The van der Waals surface area contributed by atoms with Crippen LogP contribution in [0.15, 0.2) is 255 Å². The molecule has 0 atom stereocenters. The quantitative estimate of drug-likeness (QED) is 0.148. The molecule has 11 aromatic carbocycles. The predicted molar refractivity (Wildman–Crippen MR) is 272 cm³/mol. The molecule has 0 radical (unpaired) electrons. The maximum Gasteiger partial charge on any atom is 0.0541 e. The SMILES string of the molecule is c1ccc(-c2cccc(N(c3ccc(-c4cc(-c5ccccc5)ccc4-n4c5ccccc5c5ccccc54)cc3)c3ccc(-c4ccc5ccccc5c4)c4ccccc34)c2)cc1. The van der Waals surface area contributed by atoms with E-state index < -0.39 is 0 Å². The molecule has 0 saturated heterocycles. The normalized spacial score (nSPS) is 11.4. The second-order valence-electron chi connectivity index (χ2n) is 16.5. The third-order valence-electron chi connectivity index (χ3n) is 12.8. The summed E-state index contributed by atoms with van der Waals surface area (Å²) in [5, 5.41) is 7.38. The van der Waals surface area contributed by atoms with E-state index in [1.54, 1.807) is 0 Å². The molecule has 2 nitrogen and oxygen atoms in total. The Labute approximate surface area is 373 Å². The van der Waals surface area contributed by atoms with Crippen LogP contribution in [0.3, 0.4) is 0 Å². The Kier molecular flexibility index (Phi) is 9.20. The highest BCUT2D eigenvalue weighted by Gasteiger charge is 2.20. The van der Waals surface area contributed by atoms with E-state index in [0.717, 1.165) is 28.3 Å². The summed E-state index contributed by atoms with van der Waals surface area (Å²) in [5.74, 6) is 0. The molecule has 12 aromatic rings. The number of nitrogens with zero attached hydrogens (tertiary/aromatic N) is 2. The van der Waals surface area contributed by atoms with Crippen molar-refractivity contribution in [2.45, 2.75) is 0 Å². The van der Waals surface area contributed by atoms with Gasteiger partial charge >= 0.3 is 0 Å². The van der Waals surface area contributed by atoms with E-state index in [2.05, 4.69) is 264 Å². The van der Waals surface area contributed by atoms with Gasteiger partial charge in [0.25, 0.3) is 0 Å². The Morgan fingerprint density at radius 1 is 0.266 bits per heavy atom. The first-order chi connectivity index (χ1) is 31.7. The molecule has 1 aromatic heterocycles. The van der Waals surface area contributed by atoms with Crippen LogP contribution in [-0.2, 0) is 0 Å². The highest BCUT2D eigenvalue weighted by Crippen LogP contribution is 2.45. The molecule has 0 unspecified atom stereocenters. The molecule has 0 saturated carbocycles. The predicted octanol–water partition coefficient (Wildman–Crippen LogP) is 17.2. The minimum Gasteiger partial charge on any atom is -0.310 e. The summed E-state index contributed by atoms with van der Waals surface area (Å²) in [4.78, 5) is 2.43. The van der Waals surface area contributed by atoms with Crippen LogP contribution in [0.2, 0.25) is 0 Å². The lowest BCUT2D eigenvalue weighted by Gasteiger charge is -2.28. The summed E-state index contributed by atoms with van der Waals surface area (Å²) in [6.07, 6.45) is 0. The number of anilines is 3. The first kappa shape index (κ1) is 37.3. The van der Waals surface area contributed by atoms with Crippen LogP contribution in [0.1, 0.15) is 0 Å². The fourth-order valence-electron chi connectivity index (χ4n) is 9.71. The van der Waals surface area contributed by atoms with Crippen molar-refractivity contribution in [1.29, 1.82) is 0 Å². The smallest absolute Gasteiger partial charge is 0.0541 e. The lowest BCUT2D eigenvalue weighted by Crippen LogP contribution is -2.11. The van der Waals surface area contributed by atoms with Gasteiger partial charge in [0.2, 0.25) is 0 Å². The molecule has 0 aliphatic heterocycles. The maximum atomic E-state index is 2.44. The van der Waals surface area contributed by atoms with E-state index in [1.807, 2.05) is 0 Å². The topological polar surface area (TPSA) is 8.17 Å². The molecule has 0 bridgehead atoms. The van der Waals surface area contributed by atoms with Gasteiger partial charge in [-0.05, 0) is 116 Å². The van der Waals surface area contributed by atoms with Gasteiger partial charge in [0.15, 0.2) is 0 Å². The highest BCUT2D eigenvalue weighted by atomic mass is 15.1. The monoisotopic (exact) mass is 814 g/mol. The lowest BCUT2D eigenvalue weighted by atomic mass is 9.94. The van der Waals surface area contributed by atoms with E-state index in [4.69, 9.17) is 0 Å². The molecule has 2 heteroatoms. The second-order valence-corrected chi connectivity index (χ2v) is 16.5. The fourth-order valence-corrected chi connectivity index (χ4v) is 9.71. The number of para-hydroxylation sites is 2. The molecule has 0 N–H and O–H groups in total. The van der Waals surface area contributed by atoms with Gasteiger partial charge in [-0.15, -0.1) is 0 Å². The number of rotatable bonds is 8. The van der Waals surface area contributed by atoms with E-state index >= 15 is 0 Å². The Morgan fingerprint density at radius 2 is 0.812 bits per heavy atom. The van der Waals surface area contributed by atoms with Gasteiger partial charge in [0.1, 0.15) is 0 Å². The van der Waals surface area contributed by atoms with Crippen molar-refractivity contribution in [3.05, 3.63) is 255 Å². The molecule has 64 heavy (non-hydrogen) atoms. The number of fused-ring (bicyclic) bond motifs is 5. The van der Waals surface area contributed by atoms with Gasteiger partial charge < -0.3 is 9.47 Å². The van der Waals surface area contributed by atoms with E-state index in [-0.39, 0.29) is 0 Å². The average molecular weight is 815 g/mol. The number of benzene rings is 11. The van der Waals surface area contributed by atoms with Crippen LogP contribution in [0.5, 0.6) is 0 Å². The zero-order chi connectivity index (χ0) is 42.4. The van der Waals surface area contributed by atoms with Crippen molar-refractivity contribution in [1.82, 2.24) is 4.57 Å². The standard InChI is InChI=1S/C62H42N2/c1-3-16-43(17-4-1)48-22-15-23-52(41-48)63(61-39-37-53(54-24-9-10-25-55(54)61)50-31-30-45-20-7-8-21-47(45)40-50)51-35-32-46(33-36-51)58-42-49(44-18-5-2-6-19-44)34-38-62(58)64-59-28-13-11-26-56(59)57-27-12-14-29-60(57)64/h1-42H. The van der Waals surface area contributed by atoms with Crippen molar-refractivity contribution >= 4 is 60.4 Å². The highest BCUT2D eigenvalue weighted by molar-refractivity contribution is 6.10. The average Bonchev–Trinajstić information content (AvgIpc) is 3.71. The minimum atomic E-state index is 1.08. The molecule has 0 aliphatic carbocycles. The molecule has 12 rings (SSSR count). The van der Waals surface area contributed by atoms with Crippen LogP contribution in [0.4, 0.5) is 17.1 Å². The molecule has 300 valence electrons. The molecule has 0 amide bonds. The van der Waals surface area contributed by atoms with Gasteiger partial charge in [-0.1, -0.05) is 194 Å². The van der Waals surface area contributed by atoms with Crippen molar-refractivity contribution in [3.63, 3.8) is 0 Å². The first-order valence-corrected chi connectivity index (χ1v) is 22.0. The summed E-state index contributed by atoms with van der Waals surface area (Å²) < 4.78 is 2.44. The second kappa shape index (κ2) is 15.8. The lowest BCUT2D eigenvalue weighted by molar-refractivity contribution is 1.18. The molecule has 0 aliphatic rings. The van der Waals surface area contributed by atoms with Gasteiger partial charge in [-0.25, -0.2) is 0 Å². The summed E-state index contributed by atoms with van der Waals surface area (Å²) in [6.45, 7) is 0. The summed E-state index contributed by atoms with van der Waals surface area (Å²) in [5.41, 5.74) is 16.3. The van der Waals surface area contributed by atoms with Crippen molar-refractivity contribution in [3.8, 4) is 50.2 Å². The van der Waals surface area contributed by atoms with Gasteiger partial charge in [0.05, 0.1) is 22.4 Å². The Bertz CT molecular complexity index is 3610. The largest absolute Gasteiger partial charge is 0.310 e. The van der Waals surface area contributed by atoms with E-state index in [0.29, 0.717) is 0 Å². The van der Waals surface area contributed by atoms with E-state index in [9.17, 15) is 0 Å². The third kappa shape index (κ3) is 6.52. The minimum absolute atomic E-state index is 1.08. The van der Waals surface area contributed by atoms with Crippen LogP contribution in [-0.4, -0.2) is 4.57 Å².